The highest BCUT2D eigenvalue weighted by Crippen LogP contribution is 2.16. The molecule has 0 fully saturated rings. The topological polar surface area (TPSA) is 65.2 Å². The molecule has 0 saturated carbocycles. The summed E-state index contributed by atoms with van der Waals surface area (Å²) in [7, 11) is 0. The fourth-order valence-electron chi connectivity index (χ4n) is 1.54. The number of nitrogens with zero attached hydrogens (tertiary/aromatic N) is 2. The fraction of sp³-hybridized carbons (Fsp3) is 0. The van der Waals surface area contributed by atoms with E-state index in [2.05, 4.69) is 10.5 Å². The van der Waals surface area contributed by atoms with E-state index in [1.165, 1.54) is 30.3 Å². The van der Waals surface area contributed by atoms with Gasteiger partial charge in [-0.25, -0.2) is 4.39 Å². The molecular formula is C15H9ClFN3O. The Morgan fingerprint density at radius 1 is 1.19 bits per heavy atom. The van der Waals surface area contributed by atoms with E-state index in [0.717, 1.165) is 0 Å². The summed E-state index contributed by atoms with van der Waals surface area (Å²) in [5.41, 5.74) is 2.84. The van der Waals surface area contributed by atoms with Gasteiger partial charge in [-0.05, 0) is 36.4 Å². The Morgan fingerprint density at radius 3 is 2.48 bits per heavy atom. The molecule has 0 saturated heterocycles. The number of carbonyl (C=O) groups excluding carboxylic acids is 1. The van der Waals surface area contributed by atoms with Crippen LogP contribution in [0.4, 0.5) is 10.1 Å². The van der Waals surface area contributed by atoms with E-state index in [9.17, 15) is 9.18 Å². The van der Waals surface area contributed by atoms with Crippen molar-refractivity contribution in [3.63, 3.8) is 0 Å². The summed E-state index contributed by atoms with van der Waals surface area (Å²) in [5.74, 6) is -0.977. The molecule has 0 atom stereocenters. The van der Waals surface area contributed by atoms with Gasteiger partial charge in [0.25, 0.3) is 0 Å². The Labute approximate surface area is 125 Å². The summed E-state index contributed by atoms with van der Waals surface area (Å²) in [5, 5.41) is 13.0. The molecular weight excluding hydrogens is 293 g/mol. The molecule has 0 heterocycles. The minimum absolute atomic E-state index is 0.195. The van der Waals surface area contributed by atoms with E-state index >= 15 is 0 Å². The number of anilines is 1. The smallest absolute Gasteiger partial charge is 0.225 e. The molecule has 0 radical (unpaired) electrons. The average Bonchev–Trinajstić information content (AvgIpc) is 2.50. The van der Waals surface area contributed by atoms with Crippen LogP contribution in [0.15, 0.2) is 53.6 Å². The molecule has 104 valence electrons. The summed E-state index contributed by atoms with van der Waals surface area (Å²) in [6.07, 6.45) is 0. The van der Waals surface area contributed by atoms with E-state index in [1.54, 1.807) is 24.3 Å². The van der Waals surface area contributed by atoms with Crippen LogP contribution in [0, 0.1) is 17.1 Å². The lowest BCUT2D eigenvalue weighted by Crippen LogP contribution is -2.14. The van der Waals surface area contributed by atoms with Gasteiger partial charge in [-0.15, -0.1) is 0 Å². The lowest BCUT2D eigenvalue weighted by atomic mass is 10.1. The van der Waals surface area contributed by atoms with E-state index in [-0.39, 0.29) is 16.3 Å². The van der Waals surface area contributed by atoms with Gasteiger partial charge in [0.15, 0.2) is 0 Å². The van der Waals surface area contributed by atoms with Crippen molar-refractivity contribution in [3.05, 3.63) is 64.9 Å². The lowest BCUT2D eigenvalue weighted by molar-refractivity contribution is 0.106. The van der Waals surface area contributed by atoms with Crippen LogP contribution in [0.5, 0.6) is 0 Å². The minimum atomic E-state index is -0.585. The molecule has 2 aromatic rings. The molecule has 0 spiro atoms. The van der Waals surface area contributed by atoms with Crippen molar-refractivity contribution in [1.82, 2.24) is 0 Å². The SMILES string of the molecule is N#C/C(=N/Nc1ccc(F)cc1)C(=O)c1ccccc1Cl. The number of Topliss-reactive ketones (excluding diaryl/α,β-unsaturated/α-hetero) is 1. The van der Waals surface area contributed by atoms with Gasteiger partial charge in [-0.1, -0.05) is 23.7 Å². The second kappa shape index (κ2) is 6.64. The second-order valence-electron chi connectivity index (χ2n) is 4.00. The zero-order chi connectivity index (χ0) is 15.2. The number of halogens is 2. The van der Waals surface area contributed by atoms with Gasteiger partial charge >= 0.3 is 0 Å². The summed E-state index contributed by atoms with van der Waals surface area (Å²) >= 11 is 5.91. The maximum absolute atomic E-state index is 12.8. The van der Waals surface area contributed by atoms with Gasteiger partial charge in [0.1, 0.15) is 11.9 Å². The van der Waals surface area contributed by atoms with E-state index in [1.807, 2.05) is 0 Å². The Balaban J connectivity index is 2.22. The normalized spacial score (nSPS) is 10.8. The first-order valence-electron chi connectivity index (χ1n) is 5.90. The molecule has 2 rings (SSSR count). The van der Waals surface area contributed by atoms with Crippen molar-refractivity contribution in [1.29, 1.82) is 5.26 Å². The van der Waals surface area contributed by atoms with Crippen molar-refractivity contribution in [2.75, 3.05) is 5.43 Å². The largest absolute Gasteiger partial charge is 0.286 e. The highest BCUT2D eigenvalue weighted by Gasteiger charge is 2.16. The van der Waals surface area contributed by atoms with Crippen molar-refractivity contribution in [2.45, 2.75) is 0 Å². The third-order valence-electron chi connectivity index (χ3n) is 2.58. The van der Waals surface area contributed by atoms with Crippen LogP contribution in [0.2, 0.25) is 5.02 Å². The van der Waals surface area contributed by atoms with Crippen LogP contribution in [-0.2, 0) is 0 Å². The Kier molecular flexibility index (Phi) is 4.64. The van der Waals surface area contributed by atoms with Gasteiger partial charge in [0, 0.05) is 5.56 Å². The zero-order valence-electron chi connectivity index (χ0n) is 10.7. The number of benzene rings is 2. The summed E-state index contributed by atoms with van der Waals surface area (Å²) < 4.78 is 12.8. The van der Waals surface area contributed by atoms with E-state index in [0.29, 0.717) is 5.69 Å². The number of carbonyl (C=O) groups is 1. The summed E-state index contributed by atoms with van der Waals surface area (Å²) in [6.45, 7) is 0. The fourth-order valence-corrected chi connectivity index (χ4v) is 1.77. The van der Waals surface area contributed by atoms with Gasteiger partial charge in [-0.2, -0.15) is 10.4 Å². The quantitative estimate of drug-likeness (QED) is 0.532. The molecule has 0 aliphatic heterocycles. The van der Waals surface area contributed by atoms with Gasteiger partial charge < -0.3 is 0 Å². The zero-order valence-corrected chi connectivity index (χ0v) is 11.4. The van der Waals surface area contributed by atoms with E-state index in [4.69, 9.17) is 16.9 Å². The molecule has 6 heteroatoms. The maximum atomic E-state index is 12.8. The maximum Gasteiger partial charge on any atom is 0.225 e. The van der Waals surface area contributed by atoms with Crippen molar-refractivity contribution in [3.8, 4) is 6.07 Å². The molecule has 0 aromatic heterocycles. The van der Waals surface area contributed by atoms with Gasteiger partial charge in [0.05, 0.1) is 10.7 Å². The first kappa shape index (κ1) is 14.7. The Hall–Kier alpha value is -2.71. The number of rotatable bonds is 4. The van der Waals surface area contributed by atoms with Crippen LogP contribution in [0.3, 0.4) is 0 Å². The molecule has 0 aliphatic carbocycles. The van der Waals surface area contributed by atoms with Gasteiger partial charge in [0.2, 0.25) is 11.5 Å². The third kappa shape index (κ3) is 3.65. The van der Waals surface area contributed by atoms with Gasteiger partial charge in [-0.3, -0.25) is 10.2 Å². The number of hydrogen-bond acceptors (Lipinski definition) is 4. The van der Waals surface area contributed by atoms with Crippen LogP contribution in [0.25, 0.3) is 0 Å². The molecule has 21 heavy (non-hydrogen) atoms. The minimum Gasteiger partial charge on any atom is -0.286 e. The molecule has 0 amide bonds. The number of nitriles is 1. The predicted octanol–water partition coefficient (Wildman–Crippen LogP) is 3.65. The summed E-state index contributed by atoms with van der Waals surface area (Å²) in [4.78, 5) is 12.1. The average molecular weight is 302 g/mol. The van der Waals surface area contributed by atoms with Crippen LogP contribution in [-0.4, -0.2) is 11.5 Å². The summed E-state index contributed by atoms with van der Waals surface area (Å²) in [6, 6.07) is 13.4. The molecule has 0 unspecified atom stereocenters. The van der Waals surface area contributed by atoms with Crippen LogP contribution >= 0.6 is 11.6 Å². The number of nitrogens with one attached hydrogen (secondary N) is 1. The standard InChI is InChI=1S/C15H9ClFN3O/c16-13-4-2-1-3-12(13)15(21)14(9-18)20-19-11-7-5-10(17)6-8-11/h1-8,19H/b20-14-. The first-order chi connectivity index (χ1) is 10.1. The number of hydrazone groups is 1. The lowest BCUT2D eigenvalue weighted by Gasteiger charge is -2.03. The van der Waals surface area contributed by atoms with Crippen molar-refractivity contribution >= 4 is 28.8 Å². The van der Waals surface area contributed by atoms with Crippen LogP contribution in [0.1, 0.15) is 10.4 Å². The predicted molar refractivity (Wildman–Crippen MR) is 78.9 cm³/mol. The monoisotopic (exact) mass is 301 g/mol. The van der Waals surface area contributed by atoms with E-state index < -0.39 is 11.6 Å². The highest BCUT2D eigenvalue weighted by atomic mass is 35.5. The molecule has 0 bridgehead atoms. The van der Waals surface area contributed by atoms with Crippen molar-refractivity contribution in [2.24, 2.45) is 5.10 Å². The number of ketones is 1. The highest BCUT2D eigenvalue weighted by molar-refractivity contribution is 6.53. The van der Waals surface area contributed by atoms with Crippen molar-refractivity contribution < 1.29 is 9.18 Å². The molecule has 2 aromatic carbocycles. The molecule has 1 N–H and O–H groups in total. The molecule has 0 aliphatic rings. The second-order valence-corrected chi connectivity index (χ2v) is 4.41. The molecule has 4 nitrogen and oxygen atoms in total. The Morgan fingerprint density at radius 2 is 1.86 bits per heavy atom. The number of hydrogen-bond donors (Lipinski definition) is 1. The third-order valence-corrected chi connectivity index (χ3v) is 2.91. The first-order valence-corrected chi connectivity index (χ1v) is 6.28. The van der Waals surface area contributed by atoms with Crippen LogP contribution < -0.4 is 5.43 Å². The Bertz CT molecular complexity index is 735.